The van der Waals surface area contributed by atoms with Crippen LogP contribution in [0.1, 0.15) is 38.4 Å². The predicted octanol–water partition coefficient (Wildman–Crippen LogP) is 4.08. The molecule has 114 valence electrons. The van der Waals surface area contributed by atoms with Gasteiger partial charge in [-0.25, -0.2) is 9.13 Å². The molecule has 0 saturated carbocycles. The summed E-state index contributed by atoms with van der Waals surface area (Å²) < 4.78 is 43.5. The van der Waals surface area contributed by atoms with Gasteiger partial charge in [-0.3, -0.25) is 0 Å². The van der Waals surface area contributed by atoms with E-state index in [1.807, 2.05) is 0 Å². The van der Waals surface area contributed by atoms with Gasteiger partial charge in [0.25, 0.3) is 5.82 Å². The molecule has 0 amide bonds. The number of aromatic nitrogens is 2. The summed E-state index contributed by atoms with van der Waals surface area (Å²) >= 11 is 0. The first-order chi connectivity index (χ1) is 8.25. The van der Waals surface area contributed by atoms with Gasteiger partial charge in [0.2, 0.25) is 0 Å². The molecule has 0 fully saturated rings. The number of aryl methyl sites for hydroxylation is 2. The third-order valence-electron chi connectivity index (χ3n) is 2.65. The third kappa shape index (κ3) is 12.3. The second-order valence-corrected chi connectivity index (χ2v) is 4.21. The molecule has 0 bridgehead atoms. The number of hydrogen-bond donors (Lipinski definition) is 0. The smallest absolute Gasteiger partial charge is 0.418 e. The van der Waals surface area contributed by atoms with Crippen molar-refractivity contribution >= 4 is 24.2 Å². The lowest BCUT2D eigenvalue weighted by Crippen LogP contribution is -2.35. The standard InChI is InChI=1S/C11H21N2.BF4.BrH/c1-4-5-6-7-8-13-10-9-12(3)11(13)2;2-1(3,4)5;/h9-10H,4-8H2,1-3H3;;1H/q+1;-1;. The maximum atomic E-state index is 9.75. The molecule has 0 spiro atoms. The number of hydrogen-bond acceptors (Lipinski definition) is 0. The topological polar surface area (TPSA) is 8.81 Å². The molecule has 0 radical (unpaired) electrons. The van der Waals surface area contributed by atoms with Gasteiger partial charge >= 0.3 is 7.25 Å². The van der Waals surface area contributed by atoms with Crippen molar-refractivity contribution in [3.8, 4) is 0 Å². The van der Waals surface area contributed by atoms with E-state index in [4.69, 9.17) is 0 Å². The molecule has 1 heterocycles. The van der Waals surface area contributed by atoms with Crippen molar-refractivity contribution < 1.29 is 21.8 Å². The maximum Gasteiger partial charge on any atom is 0.673 e. The van der Waals surface area contributed by atoms with Crippen LogP contribution in [0.4, 0.5) is 17.3 Å². The van der Waals surface area contributed by atoms with Gasteiger partial charge in [-0.15, -0.1) is 17.0 Å². The predicted molar refractivity (Wildman–Crippen MR) is 75.0 cm³/mol. The molecule has 0 aliphatic carbocycles. The fourth-order valence-electron chi connectivity index (χ4n) is 1.54. The average molecular weight is 349 g/mol. The van der Waals surface area contributed by atoms with Gasteiger partial charge in [0.05, 0.1) is 13.6 Å². The molecule has 0 N–H and O–H groups in total. The molecule has 1 rings (SSSR count). The zero-order valence-corrected chi connectivity index (χ0v) is 13.3. The van der Waals surface area contributed by atoms with Crippen LogP contribution in [0.5, 0.6) is 0 Å². The summed E-state index contributed by atoms with van der Waals surface area (Å²) in [4.78, 5) is 0. The maximum absolute atomic E-state index is 9.75. The van der Waals surface area contributed by atoms with Crippen LogP contribution in [-0.2, 0) is 13.6 Å². The fourth-order valence-corrected chi connectivity index (χ4v) is 1.54. The van der Waals surface area contributed by atoms with E-state index in [0.29, 0.717) is 0 Å². The molecule has 1 aromatic rings. The minimum Gasteiger partial charge on any atom is -0.418 e. The first-order valence-electron chi connectivity index (χ1n) is 6.14. The Bertz CT molecular complexity index is 336. The number of imidazole rings is 1. The molecule has 0 aromatic carbocycles. The Morgan fingerprint density at radius 2 is 1.68 bits per heavy atom. The first-order valence-corrected chi connectivity index (χ1v) is 6.14. The largest absolute Gasteiger partial charge is 0.673 e. The van der Waals surface area contributed by atoms with E-state index >= 15 is 0 Å². The van der Waals surface area contributed by atoms with Crippen LogP contribution in [0.2, 0.25) is 0 Å². The van der Waals surface area contributed by atoms with E-state index in [2.05, 4.69) is 42.4 Å². The quantitative estimate of drug-likeness (QED) is 0.328. The van der Waals surface area contributed by atoms with E-state index < -0.39 is 7.25 Å². The minimum atomic E-state index is -6.00. The van der Waals surface area contributed by atoms with Gasteiger partial charge in [-0.1, -0.05) is 19.8 Å². The van der Waals surface area contributed by atoms with Gasteiger partial charge in [0.15, 0.2) is 0 Å². The summed E-state index contributed by atoms with van der Waals surface area (Å²) in [5.74, 6) is 1.34. The first kappa shape index (κ1) is 20.8. The van der Waals surface area contributed by atoms with Crippen molar-refractivity contribution in [2.45, 2.75) is 46.1 Å². The highest BCUT2D eigenvalue weighted by Gasteiger charge is 2.20. The van der Waals surface area contributed by atoms with E-state index in [-0.39, 0.29) is 17.0 Å². The van der Waals surface area contributed by atoms with Crippen molar-refractivity contribution in [3.05, 3.63) is 18.2 Å². The minimum absolute atomic E-state index is 0. The van der Waals surface area contributed by atoms with Crippen LogP contribution >= 0.6 is 17.0 Å². The number of rotatable bonds is 5. The van der Waals surface area contributed by atoms with Crippen molar-refractivity contribution in [1.82, 2.24) is 4.57 Å². The molecule has 19 heavy (non-hydrogen) atoms. The molecule has 0 atom stereocenters. The monoisotopic (exact) mass is 348 g/mol. The van der Waals surface area contributed by atoms with Crippen LogP contribution in [0.3, 0.4) is 0 Å². The SMILES string of the molecule is Br.CCCCCC[n+]1ccn(C)c1C.F[B-](F)(F)F. The molecule has 0 aliphatic heterocycles. The summed E-state index contributed by atoms with van der Waals surface area (Å²) in [6.07, 6.45) is 9.64. The molecular weight excluding hydrogens is 327 g/mol. The Labute approximate surface area is 122 Å². The number of halogens is 5. The number of unbranched alkanes of at least 4 members (excludes halogenated alkanes) is 3. The van der Waals surface area contributed by atoms with Crippen LogP contribution < -0.4 is 4.57 Å². The van der Waals surface area contributed by atoms with Crippen molar-refractivity contribution in [2.75, 3.05) is 0 Å². The van der Waals surface area contributed by atoms with Gasteiger partial charge in [-0.2, -0.15) is 0 Å². The fraction of sp³-hybridized carbons (Fsp3) is 0.727. The Morgan fingerprint density at radius 1 is 1.16 bits per heavy atom. The van der Waals surface area contributed by atoms with E-state index in [1.165, 1.54) is 38.1 Å². The van der Waals surface area contributed by atoms with Gasteiger partial charge in [0, 0.05) is 6.92 Å². The molecule has 1 aromatic heterocycles. The summed E-state index contributed by atoms with van der Waals surface area (Å²) in [5, 5.41) is 0. The Balaban J connectivity index is 0. The molecule has 8 heteroatoms. The lowest BCUT2D eigenvalue weighted by molar-refractivity contribution is -0.702. The molecule has 0 unspecified atom stereocenters. The molecule has 0 aliphatic rings. The van der Waals surface area contributed by atoms with Crippen LogP contribution in [0.15, 0.2) is 12.4 Å². The number of nitrogens with zero attached hydrogens (tertiary/aromatic N) is 2. The van der Waals surface area contributed by atoms with Gasteiger partial charge in [-0.05, 0) is 12.8 Å². The van der Waals surface area contributed by atoms with E-state index in [9.17, 15) is 17.3 Å². The van der Waals surface area contributed by atoms with Crippen molar-refractivity contribution in [1.29, 1.82) is 0 Å². The summed E-state index contributed by atoms with van der Waals surface area (Å²) in [6, 6.07) is 0. The Kier molecular flexibility index (Phi) is 11.3. The highest BCUT2D eigenvalue weighted by atomic mass is 79.9. The van der Waals surface area contributed by atoms with E-state index in [0.717, 1.165) is 0 Å². The van der Waals surface area contributed by atoms with E-state index in [1.54, 1.807) is 0 Å². The summed E-state index contributed by atoms with van der Waals surface area (Å²) in [5.41, 5.74) is 0. The normalized spacial score (nSPS) is 10.5. The van der Waals surface area contributed by atoms with Crippen molar-refractivity contribution in [2.24, 2.45) is 7.05 Å². The molecule has 0 saturated heterocycles. The molecular formula is C11H22BBrF4N2. The Hall–Kier alpha value is -0.525. The second-order valence-electron chi connectivity index (χ2n) is 4.21. The van der Waals surface area contributed by atoms with Crippen LogP contribution in [0.25, 0.3) is 0 Å². The lowest BCUT2D eigenvalue weighted by atomic mass is 10.2. The van der Waals surface area contributed by atoms with Crippen LogP contribution in [0, 0.1) is 6.92 Å². The van der Waals surface area contributed by atoms with Gasteiger partial charge < -0.3 is 17.3 Å². The van der Waals surface area contributed by atoms with Crippen LogP contribution in [-0.4, -0.2) is 11.8 Å². The third-order valence-corrected chi connectivity index (χ3v) is 2.65. The second kappa shape index (κ2) is 10.3. The highest BCUT2D eigenvalue weighted by molar-refractivity contribution is 8.93. The van der Waals surface area contributed by atoms with Crippen molar-refractivity contribution in [3.63, 3.8) is 0 Å². The zero-order chi connectivity index (χ0) is 14.2. The Morgan fingerprint density at radius 3 is 2.05 bits per heavy atom. The average Bonchev–Trinajstić information content (AvgIpc) is 2.53. The lowest BCUT2D eigenvalue weighted by Gasteiger charge is -1.98. The summed E-state index contributed by atoms with van der Waals surface area (Å²) in [6.45, 7) is 5.59. The van der Waals surface area contributed by atoms with Gasteiger partial charge in [0.1, 0.15) is 12.4 Å². The zero-order valence-electron chi connectivity index (χ0n) is 11.6. The molecule has 2 nitrogen and oxygen atoms in total. The summed E-state index contributed by atoms with van der Waals surface area (Å²) in [7, 11) is -3.90. The highest BCUT2D eigenvalue weighted by Crippen LogP contribution is 2.06.